The fraction of sp³-hybridized carbons (Fsp3) is 0.227. The van der Waals surface area contributed by atoms with Gasteiger partial charge in [-0.05, 0) is 36.0 Å². The van der Waals surface area contributed by atoms with Crippen molar-refractivity contribution in [3.05, 3.63) is 84.6 Å². The second kappa shape index (κ2) is 7.31. The van der Waals surface area contributed by atoms with Gasteiger partial charge in [-0.25, -0.2) is 0 Å². The summed E-state index contributed by atoms with van der Waals surface area (Å²) in [5.41, 5.74) is 4.40. The molecule has 1 fully saturated rings. The van der Waals surface area contributed by atoms with Crippen LogP contribution >= 0.6 is 0 Å². The molecule has 0 aromatic heterocycles. The second-order valence-electron chi connectivity index (χ2n) is 6.23. The lowest BCUT2D eigenvalue weighted by atomic mass is 9.99. The van der Waals surface area contributed by atoms with Crippen LogP contribution < -0.4 is 0 Å². The molecule has 0 unspecified atom stereocenters. The van der Waals surface area contributed by atoms with Gasteiger partial charge in [0.2, 0.25) is 0 Å². The molecule has 0 radical (unpaired) electrons. The zero-order valence-electron chi connectivity index (χ0n) is 14.1. The van der Waals surface area contributed by atoms with E-state index in [2.05, 4.69) is 62.0 Å². The lowest BCUT2D eigenvalue weighted by molar-refractivity contribution is -0.123. The number of rotatable bonds is 5. The predicted molar refractivity (Wildman–Crippen MR) is 99.4 cm³/mol. The highest BCUT2D eigenvalue weighted by Crippen LogP contribution is 2.27. The minimum atomic E-state index is 0.0607. The quantitative estimate of drug-likeness (QED) is 0.712. The number of carbonyl (C=O) groups excluding carboxylic acids is 1. The van der Waals surface area contributed by atoms with Crippen molar-refractivity contribution in [1.82, 2.24) is 4.90 Å². The largest absolute Gasteiger partial charge is 0.312 e. The highest BCUT2D eigenvalue weighted by Gasteiger charge is 2.32. The number of carbonyl (C=O) groups is 1. The summed E-state index contributed by atoms with van der Waals surface area (Å²) >= 11 is 0. The highest BCUT2D eigenvalue weighted by atomic mass is 16.2. The molecule has 0 spiro atoms. The summed E-state index contributed by atoms with van der Waals surface area (Å²) in [6, 6.07) is 19.2. The maximum atomic E-state index is 12.2. The predicted octanol–water partition coefficient (Wildman–Crippen LogP) is 4.98. The van der Waals surface area contributed by atoms with Crippen LogP contribution in [0.15, 0.2) is 79.0 Å². The maximum absolute atomic E-state index is 12.2. The van der Waals surface area contributed by atoms with Crippen LogP contribution in [0.2, 0.25) is 0 Å². The molecule has 1 aliphatic heterocycles. The maximum Gasteiger partial charge on any atom is 0.253 e. The number of hydrogen-bond donors (Lipinski definition) is 0. The van der Waals surface area contributed by atoms with Gasteiger partial charge >= 0.3 is 0 Å². The Balaban J connectivity index is 1.74. The summed E-state index contributed by atoms with van der Waals surface area (Å²) in [6.07, 6.45) is 6.47. The van der Waals surface area contributed by atoms with E-state index < -0.39 is 0 Å². The monoisotopic (exact) mass is 317 g/mol. The van der Waals surface area contributed by atoms with Gasteiger partial charge in [0.05, 0.1) is 0 Å². The molecule has 1 aliphatic rings. The molecule has 2 nitrogen and oxygen atoms in total. The SMILES string of the molecule is C=C1C[C@@H](Cc2ccc(-c3ccccc3)cc2)N(/C=C/CC)C1=O. The van der Waals surface area contributed by atoms with E-state index in [4.69, 9.17) is 0 Å². The summed E-state index contributed by atoms with van der Waals surface area (Å²) in [4.78, 5) is 14.1. The van der Waals surface area contributed by atoms with Gasteiger partial charge < -0.3 is 4.90 Å². The number of nitrogens with zero attached hydrogens (tertiary/aromatic N) is 1. The summed E-state index contributed by atoms with van der Waals surface area (Å²) in [7, 11) is 0. The number of amides is 1. The minimum Gasteiger partial charge on any atom is -0.312 e. The van der Waals surface area contributed by atoms with Gasteiger partial charge in [0.1, 0.15) is 0 Å². The van der Waals surface area contributed by atoms with Crippen LogP contribution in [0.25, 0.3) is 11.1 Å². The van der Waals surface area contributed by atoms with E-state index >= 15 is 0 Å². The van der Waals surface area contributed by atoms with E-state index in [-0.39, 0.29) is 11.9 Å². The third-order valence-electron chi connectivity index (χ3n) is 4.45. The number of benzene rings is 2. The molecule has 1 atom stereocenters. The molecule has 2 heteroatoms. The highest BCUT2D eigenvalue weighted by molar-refractivity contribution is 5.96. The Kier molecular flexibility index (Phi) is 4.95. The standard InChI is InChI=1S/C22H23NO/c1-3-4-14-23-21(15-17(2)22(23)24)16-18-10-12-20(13-11-18)19-8-6-5-7-9-19/h4-14,21H,2-3,15-16H2,1H3/b14-4+/t21-/m0/s1. The molecular weight excluding hydrogens is 294 g/mol. The summed E-state index contributed by atoms with van der Waals surface area (Å²) in [5.74, 6) is 0.0607. The third-order valence-corrected chi connectivity index (χ3v) is 4.45. The first-order valence-electron chi connectivity index (χ1n) is 8.50. The molecule has 122 valence electrons. The molecular formula is C22H23NO. The van der Waals surface area contributed by atoms with Crippen LogP contribution in [0.5, 0.6) is 0 Å². The molecule has 0 bridgehead atoms. The number of allylic oxidation sites excluding steroid dienone is 1. The van der Waals surface area contributed by atoms with Crippen molar-refractivity contribution in [3.8, 4) is 11.1 Å². The van der Waals surface area contributed by atoms with Gasteiger partial charge in [-0.3, -0.25) is 4.79 Å². The first-order valence-corrected chi connectivity index (χ1v) is 8.50. The molecule has 1 heterocycles. The van der Waals surface area contributed by atoms with Gasteiger partial charge in [-0.1, -0.05) is 74.2 Å². The molecule has 2 aromatic carbocycles. The Morgan fingerprint density at radius 1 is 1.08 bits per heavy atom. The summed E-state index contributed by atoms with van der Waals surface area (Å²) in [5, 5.41) is 0. The van der Waals surface area contributed by atoms with Crippen molar-refractivity contribution >= 4 is 5.91 Å². The van der Waals surface area contributed by atoms with E-state index in [0.717, 1.165) is 19.3 Å². The lowest BCUT2D eigenvalue weighted by Crippen LogP contribution is -2.29. The van der Waals surface area contributed by atoms with E-state index in [1.807, 2.05) is 23.2 Å². The van der Waals surface area contributed by atoms with Gasteiger partial charge in [-0.15, -0.1) is 0 Å². The van der Waals surface area contributed by atoms with Crippen molar-refractivity contribution in [2.75, 3.05) is 0 Å². The van der Waals surface area contributed by atoms with Gasteiger partial charge in [0.25, 0.3) is 5.91 Å². The van der Waals surface area contributed by atoms with Crippen molar-refractivity contribution in [2.24, 2.45) is 0 Å². The molecule has 2 aromatic rings. The molecule has 24 heavy (non-hydrogen) atoms. The van der Waals surface area contributed by atoms with E-state index in [1.54, 1.807) is 0 Å². The molecule has 3 rings (SSSR count). The molecule has 0 saturated carbocycles. The molecule has 1 amide bonds. The molecule has 0 aliphatic carbocycles. The normalized spacial score (nSPS) is 17.9. The van der Waals surface area contributed by atoms with Crippen molar-refractivity contribution in [3.63, 3.8) is 0 Å². The molecule has 1 saturated heterocycles. The lowest BCUT2D eigenvalue weighted by Gasteiger charge is -2.20. The average Bonchev–Trinajstić information content (AvgIpc) is 2.88. The zero-order chi connectivity index (χ0) is 16.9. The zero-order valence-corrected chi connectivity index (χ0v) is 14.1. The van der Waals surface area contributed by atoms with E-state index in [1.165, 1.54) is 16.7 Å². The van der Waals surface area contributed by atoms with Crippen LogP contribution in [-0.4, -0.2) is 16.8 Å². The fourth-order valence-corrected chi connectivity index (χ4v) is 3.13. The summed E-state index contributed by atoms with van der Waals surface area (Å²) in [6.45, 7) is 5.99. The average molecular weight is 317 g/mol. The Morgan fingerprint density at radius 3 is 2.42 bits per heavy atom. The van der Waals surface area contributed by atoms with Gasteiger partial charge in [-0.2, -0.15) is 0 Å². The fourth-order valence-electron chi connectivity index (χ4n) is 3.13. The van der Waals surface area contributed by atoms with Crippen LogP contribution in [0.1, 0.15) is 25.3 Å². The van der Waals surface area contributed by atoms with Gasteiger partial charge in [0.15, 0.2) is 0 Å². The minimum absolute atomic E-state index is 0.0607. The van der Waals surface area contributed by atoms with Crippen molar-refractivity contribution < 1.29 is 4.79 Å². The van der Waals surface area contributed by atoms with Gasteiger partial charge in [0, 0.05) is 17.8 Å². The Morgan fingerprint density at radius 2 is 1.75 bits per heavy atom. The first kappa shape index (κ1) is 16.3. The van der Waals surface area contributed by atoms with Crippen LogP contribution in [0, 0.1) is 0 Å². The van der Waals surface area contributed by atoms with E-state index in [0.29, 0.717) is 5.57 Å². The van der Waals surface area contributed by atoms with Crippen molar-refractivity contribution in [1.29, 1.82) is 0 Å². The van der Waals surface area contributed by atoms with Crippen LogP contribution in [-0.2, 0) is 11.2 Å². The number of likely N-dealkylation sites (tertiary alicyclic amines) is 1. The Labute approximate surface area is 144 Å². The molecule has 0 N–H and O–H groups in total. The van der Waals surface area contributed by atoms with E-state index in [9.17, 15) is 4.79 Å². The van der Waals surface area contributed by atoms with Crippen molar-refractivity contribution in [2.45, 2.75) is 32.2 Å². The topological polar surface area (TPSA) is 20.3 Å². The second-order valence-corrected chi connectivity index (χ2v) is 6.23. The van der Waals surface area contributed by atoms with Crippen LogP contribution in [0.4, 0.5) is 0 Å². The summed E-state index contributed by atoms with van der Waals surface area (Å²) < 4.78 is 0. The Hall–Kier alpha value is -2.61. The number of hydrogen-bond acceptors (Lipinski definition) is 1. The Bertz CT molecular complexity index is 743. The van der Waals surface area contributed by atoms with Crippen LogP contribution in [0.3, 0.4) is 0 Å². The third kappa shape index (κ3) is 3.48. The smallest absolute Gasteiger partial charge is 0.253 e. The first-order chi connectivity index (χ1) is 11.7.